The third kappa shape index (κ3) is 7.97. The summed E-state index contributed by atoms with van der Waals surface area (Å²) in [6, 6.07) is 8.21. The number of benzene rings is 1. The molecular formula is C20H33ClN4O2S. The van der Waals surface area contributed by atoms with E-state index < -0.39 is 9.84 Å². The normalized spacial score (nSPS) is 18.1. The van der Waals surface area contributed by atoms with E-state index >= 15 is 0 Å². The topological polar surface area (TPSA) is 73.8 Å². The average molecular weight is 429 g/mol. The van der Waals surface area contributed by atoms with E-state index in [2.05, 4.69) is 21.6 Å². The largest absolute Gasteiger partial charge is 0.357 e. The van der Waals surface area contributed by atoms with Gasteiger partial charge in [-0.2, -0.15) is 0 Å². The summed E-state index contributed by atoms with van der Waals surface area (Å²) in [5.41, 5.74) is 1.18. The van der Waals surface area contributed by atoms with Gasteiger partial charge in [0.15, 0.2) is 5.96 Å². The predicted octanol–water partition coefficient (Wildman–Crippen LogP) is 2.86. The average Bonchev–Trinajstić information content (AvgIpc) is 3.14. The van der Waals surface area contributed by atoms with E-state index in [0.29, 0.717) is 13.0 Å². The third-order valence-corrected chi connectivity index (χ3v) is 6.10. The van der Waals surface area contributed by atoms with E-state index in [1.54, 1.807) is 0 Å². The van der Waals surface area contributed by atoms with Gasteiger partial charge in [-0.25, -0.2) is 8.42 Å². The first-order valence-corrected chi connectivity index (χ1v) is 12.4. The number of nitrogens with zero attached hydrogens (tertiary/aromatic N) is 2. The lowest BCUT2D eigenvalue weighted by atomic mass is 10.1. The van der Waals surface area contributed by atoms with Crippen molar-refractivity contribution >= 4 is 27.4 Å². The van der Waals surface area contributed by atoms with E-state index in [1.165, 1.54) is 24.7 Å². The Balaban J connectivity index is 2.09. The van der Waals surface area contributed by atoms with Crippen LogP contribution in [-0.2, 0) is 9.84 Å². The molecule has 2 N–H and O–H groups in total. The third-order valence-electron chi connectivity index (χ3n) is 4.89. The van der Waals surface area contributed by atoms with Gasteiger partial charge < -0.3 is 10.6 Å². The minimum Gasteiger partial charge on any atom is -0.357 e. The Morgan fingerprint density at radius 3 is 2.64 bits per heavy atom. The lowest BCUT2D eigenvalue weighted by Crippen LogP contribution is -2.43. The Morgan fingerprint density at radius 1 is 1.32 bits per heavy atom. The summed E-state index contributed by atoms with van der Waals surface area (Å²) in [6.07, 6.45) is 4.24. The van der Waals surface area contributed by atoms with Crippen molar-refractivity contribution in [2.24, 2.45) is 4.99 Å². The molecule has 2 unspecified atom stereocenters. The first-order valence-electron chi connectivity index (χ1n) is 10.0. The number of hydrogen-bond acceptors (Lipinski definition) is 4. The van der Waals surface area contributed by atoms with Crippen LogP contribution in [0.2, 0.25) is 5.02 Å². The van der Waals surface area contributed by atoms with Crippen molar-refractivity contribution in [1.29, 1.82) is 0 Å². The second kappa shape index (κ2) is 11.0. The summed E-state index contributed by atoms with van der Waals surface area (Å²) in [6.45, 7) is 7.51. The summed E-state index contributed by atoms with van der Waals surface area (Å²) < 4.78 is 22.8. The van der Waals surface area contributed by atoms with Gasteiger partial charge in [0, 0.05) is 23.9 Å². The number of aliphatic imine (C=N–C) groups is 1. The van der Waals surface area contributed by atoms with Crippen molar-refractivity contribution in [3.05, 3.63) is 34.9 Å². The van der Waals surface area contributed by atoms with Crippen LogP contribution in [0.3, 0.4) is 0 Å². The lowest BCUT2D eigenvalue weighted by Gasteiger charge is -2.27. The van der Waals surface area contributed by atoms with E-state index in [-0.39, 0.29) is 17.8 Å². The van der Waals surface area contributed by atoms with Crippen molar-refractivity contribution in [1.82, 2.24) is 15.5 Å². The molecule has 1 aromatic rings. The van der Waals surface area contributed by atoms with Crippen molar-refractivity contribution in [2.75, 3.05) is 38.2 Å². The quantitative estimate of drug-likeness (QED) is 0.467. The SMILES string of the molecule is CCNC(=NCC(c1cccc(Cl)c1)N1CCCC1)NC(C)CCS(C)(=O)=O. The van der Waals surface area contributed by atoms with Gasteiger partial charge in [-0.1, -0.05) is 23.7 Å². The fraction of sp³-hybridized carbons (Fsp3) is 0.650. The summed E-state index contributed by atoms with van der Waals surface area (Å²) >= 11 is 6.22. The molecule has 8 heteroatoms. The van der Waals surface area contributed by atoms with Crippen molar-refractivity contribution < 1.29 is 8.42 Å². The highest BCUT2D eigenvalue weighted by Crippen LogP contribution is 2.27. The molecule has 0 spiro atoms. The van der Waals surface area contributed by atoms with Gasteiger partial charge in [-0.05, 0) is 63.9 Å². The standard InChI is InChI=1S/C20H33ClN4O2S/c1-4-22-20(24-16(2)10-13-28(3,26)27)23-15-19(25-11-5-6-12-25)17-8-7-9-18(21)14-17/h7-9,14,16,19H,4-6,10-13,15H2,1-3H3,(H2,22,23,24). The predicted molar refractivity (Wildman–Crippen MR) is 118 cm³/mol. The van der Waals surface area contributed by atoms with Crippen LogP contribution < -0.4 is 10.6 Å². The van der Waals surface area contributed by atoms with Crippen LogP contribution in [0.4, 0.5) is 0 Å². The number of rotatable bonds is 9. The number of halogens is 1. The molecule has 158 valence electrons. The maximum atomic E-state index is 11.4. The highest BCUT2D eigenvalue weighted by molar-refractivity contribution is 7.90. The zero-order valence-electron chi connectivity index (χ0n) is 17.1. The number of hydrogen-bond donors (Lipinski definition) is 2. The highest BCUT2D eigenvalue weighted by atomic mass is 35.5. The van der Waals surface area contributed by atoms with Gasteiger partial charge in [-0.3, -0.25) is 9.89 Å². The lowest BCUT2D eigenvalue weighted by molar-refractivity contribution is 0.251. The zero-order valence-corrected chi connectivity index (χ0v) is 18.7. The molecule has 2 rings (SSSR count). The Bertz CT molecular complexity index is 748. The van der Waals surface area contributed by atoms with Crippen LogP contribution >= 0.6 is 11.6 Å². The van der Waals surface area contributed by atoms with Crippen LogP contribution in [0.15, 0.2) is 29.3 Å². The van der Waals surface area contributed by atoms with Gasteiger partial charge in [0.2, 0.25) is 0 Å². The van der Waals surface area contributed by atoms with E-state index in [1.807, 2.05) is 32.0 Å². The number of sulfone groups is 1. The second-order valence-electron chi connectivity index (χ2n) is 7.50. The van der Waals surface area contributed by atoms with Gasteiger partial charge in [-0.15, -0.1) is 0 Å². The molecular weight excluding hydrogens is 396 g/mol. The monoisotopic (exact) mass is 428 g/mol. The molecule has 0 saturated carbocycles. The van der Waals surface area contributed by atoms with Crippen LogP contribution in [-0.4, -0.2) is 63.5 Å². The Hall–Kier alpha value is -1.31. The molecule has 28 heavy (non-hydrogen) atoms. The zero-order chi connectivity index (χ0) is 20.6. The number of likely N-dealkylation sites (tertiary alicyclic amines) is 1. The fourth-order valence-corrected chi connectivity index (χ4v) is 4.37. The Labute approximate surface area is 174 Å². The van der Waals surface area contributed by atoms with Gasteiger partial charge in [0.05, 0.1) is 18.3 Å². The van der Waals surface area contributed by atoms with E-state index in [9.17, 15) is 8.42 Å². The molecule has 2 atom stereocenters. The molecule has 0 radical (unpaired) electrons. The number of guanidine groups is 1. The molecule has 1 fully saturated rings. The molecule has 1 aliphatic rings. The number of nitrogens with one attached hydrogen (secondary N) is 2. The smallest absolute Gasteiger partial charge is 0.191 e. The van der Waals surface area contributed by atoms with Crippen LogP contribution in [0.1, 0.15) is 44.7 Å². The summed E-state index contributed by atoms with van der Waals surface area (Å²) in [5.74, 6) is 0.883. The summed E-state index contributed by atoms with van der Waals surface area (Å²) in [5, 5.41) is 7.33. The molecule has 0 bridgehead atoms. The molecule has 1 aromatic carbocycles. The van der Waals surface area contributed by atoms with E-state index in [0.717, 1.165) is 30.6 Å². The highest BCUT2D eigenvalue weighted by Gasteiger charge is 2.23. The van der Waals surface area contributed by atoms with Crippen LogP contribution in [0.5, 0.6) is 0 Å². The van der Waals surface area contributed by atoms with Crippen molar-refractivity contribution in [3.63, 3.8) is 0 Å². The Kier molecular flexibility index (Phi) is 9.05. The molecule has 1 heterocycles. The van der Waals surface area contributed by atoms with Crippen LogP contribution in [0, 0.1) is 0 Å². The minimum atomic E-state index is -2.96. The molecule has 0 aliphatic carbocycles. The molecule has 0 amide bonds. The van der Waals surface area contributed by atoms with Crippen molar-refractivity contribution in [3.8, 4) is 0 Å². The van der Waals surface area contributed by atoms with E-state index in [4.69, 9.17) is 16.6 Å². The summed E-state index contributed by atoms with van der Waals surface area (Å²) in [7, 11) is -2.96. The molecule has 6 nitrogen and oxygen atoms in total. The molecule has 0 aromatic heterocycles. The first-order chi connectivity index (χ1) is 13.3. The second-order valence-corrected chi connectivity index (χ2v) is 10.2. The minimum absolute atomic E-state index is 0.0175. The van der Waals surface area contributed by atoms with Gasteiger partial charge >= 0.3 is 0 Å². The van der Waals surface area contributed by atoms with Gasteiger partial charge in [0.1, 0.15) is 9.84 Å². The maximum Gasteiger partial charge on any atom is 0.191 e. The fourth-order valence-electron chi connectivity index (χ4n) is 3.39. The van der Waals surface area contributed by atoms with Crippen LogP contribution in [0.25, 0.3) is 0 Å². The molecule has 1 aliphatic heterocycles. The van der Waals surface area contributed by atoms with Crippen molar-refractivity contribution in [2.45, 2.75) is 45.2 Å². The maximum absolute atomic E-state index is 11.4. The van der Waals surface area contributed by atoms with Gasteiger partial charge in [0.25, 0.3) is 0 Å². The molecule has 1 saturated heterocycles. The Morgan fingerprint density at radius 2 is 2.04 bits per heavy atom. The first kappa shape index (κ1) is 23.0. The summed E-state index contributed by atoms with van der Waals surface area (Å²) in [4.78, 5) is 7.27.